The van der Waals surface area contributed by atoms with Gasteiger partial charge in [0.2, 0.25) is 5.91 Å². The lowest BCUT2D eigenvalue weighted by atomic mass is 9.81. The van der Waals surface area contributed by atoms with Crippen LogP contribution in [-0.4, -0.2) is 48.0 Å². The second-order valence-corrected chi connectivity index (χ2v) is 8.80. The van der Waals surface area contributed by atoms with E-state index in [1.54, 1.807) is 15.9 Å². The molecule has 0 saturated carbocycles. The highest BCUT2D eigenvalue weighted by Gasteiger charge is 2.49. The molecule has 1 atom stereocenters. The molecule has 142 valence electrons. The molecule has 3 heterocycles. The van der Waals surface area contributed by atoms with Crippen molar-refractivity contribution in [1.29, 1.82) is 0 Å². The third-order valence-electron chi connectivity index (χ3n) is 5.10. The van der Waals surface area contributed by atoms with Gasteiger partial charge >= 0.3 is 6.03 Å². The number of nitrogens with one attached hydrogen (secondary N) is 1. The molecule has 10 heteroatoms. The van der Waals surface area contributed by atoms with Crippen molar-refractivity contribution in [3.63, 3.8) is 0 Å². The summed E-state index contributed by atoms with van der Waals surface area (Å²) in [7, 11) is 0. The summed E-state index contributed by atoms with van der Waals surface area (Å²) >= 11 is 13.3. The number of urea groups is 1. The molecule has 0 radical (unpaired) electrons. The number of likely N-dealkylation sites (tertiary alicyclic amines) is 1. The molecule has 1 aromatic heterocycles. The molecule has 2 aliphatic rings. The number of carbonyl (C=O) groups excluding carboxylic acids is 2. The zero-order valence-corrected chi connectivity index (χ0v) is 16.6. The molecule has 1 saturated heterocycles. The maximum Gasteiger partial charge on any atom is 0.328 e. The summed E-state index contributed by atoms with van der Waals surface area (Å²) in [6.07, 6.45) is 2.24. The number of nitrogens with zero attached hydrogens (tertiary/aromatic N) is 3. The minimum Gasteiger partial charge on any atom is -0.341 e. The number of anilines is 2. The molecule has 0 bridgehead atoms. The molecule has 1 fully saturated rings. The van der Waals surface area contributed by atoms with Crippen molar-refractivity contribution in [1.82, 2.24) is 9.88 Å². The summed E-state index contributed by atoms with van der Waals surface area (Å²) in [5.41, 5.74) is 6.95. The predicted octanol–water partition coefficient (Wildman–Crippen LogP) is 2.93. The van der Waals surface area contributed by atoms with E-state index in [1.165, 1.54) is 17.5 Å². The van der Waals surface area contributed by atoms with Crippen molar-refractivity contribution >= 4 is 57.3 Å². The number of carbonyl (C=O) groups is 2. The molecule has 1 aromatic carbocycles. The highest BCUT2D eigenvalue weighted by atomic mass is 35.5. The number of halogens is 2. The summed E-state index contributed by atoms with van der Waals surface area (Å²) in [5, 5.41) is 3.83. The average Bonchev–Trinajstić information content (AvgIpc) is 3.34. The van der Waals surface area contributed by atoms with Gasteiger partial charge in [0.1, 0.15) is 4.34 Å². The number of thiazole rings is 1. The molecule has 3 amide bonds. The van der Waals surface area contributed by atoms with E-state index in [0.717, 1.165) is 17.7 Å². The Hall–Kier alpha value is -1.87. The lowest BCUT2D eigenvalue weighted by molar-refractivity contribution is -0.128. The van der Waals surface area contributed by atoms with Gasteiger partial charge in [0.15, 0.2) is 5.13 Å². The summed E-state index contributed by atoms with van der Waals surface area (Å²) < 4.78 is 0.502. The molecule has 1 spiro atoms. The first kappa shape index (κ1) is 18.5. The number of amides is 3. The van der Waals surface area contributed by atoms with Crippen LogP contribution in [-0.2, 0) is 10.2 Å². The molecular weight excluding hydrogens is 409 g/mol. The fourth-order valence-electron chi connectivity index (χ4n) is 3.86. The Morgan fingerprint density at radius 1 is 1.33 bits per heavy atom. The Morgan fingerprint density at radius 3 is 2.85 bits per heavy atom. The van der Waals surface area contributed by atoms with Crippen molar-refractivity contribution in [2.45, 2.75) is 11.8 Å². The topological polar surface area (TPSA) is 91.6 Å². The van der Waals surface area contributed by atoms with Gasteiger partial charge in [-0.2, -0.15) is 0 Å². The van der Waals surface area contributed by atoms with E-state index in [-0.39, 0.29) is 23.9 Å². The summed E-state index contributed by atoms with van der Waals surface area (Å²) in [6.45, 7) is 1.57. The lowest BCUT2D eigenvalue weighted by Gasteiger charge is -2.25. The van der Waals surface area contributed by atoms with Crippen LogP contribution in [0.4, 0.5) is 15.6 Å². The average molecular weight is 426 g/mol. The minimum absolute atomic E-state index is 0.0203. The van der Waals surface area contributed by atoms with E-state index < -0.39 is 0 Å². The van der Waals surface area contributed by atoms with Crippen molar-refractivity contribution in [3.05, 3.63) is 39.3 Å². The molecule has 7 nitrogen and oxygen atoms in total. The van der Waals surface area contributed by atoms with E-state index in [9.17, 15) is 9.59 Å². The fraction of sp³-hybridized carbons (Fsp3) is 0.353. The summed E-state index contributed by atoms with van der Waals surface area (Å²) in [6, 6.07) is 5.21. The molecule has 2 aliphatic heterocycles. The highest BCUT2D eigenvalue weighted by Crippen LogP contribution is 2.47. The van der Waals surface area contributed by atoms with Crippen LogP contribution < -0.4 is 16.0 Å². The molecular formula is C17H17Cl2N5O2S. The van der Waals surface area contributed by atoms with Crippen LogP contribution in [0.2, 0.25) is 9.36 Å². The zero-order chi connectivity index (χ0) is 19.2. The number of nitrogens with two attached hydrogens (primary N) is 1. The van der Waals surface area contributed by atoms with Crippen molar-refractivity contribution in [2.24, 2.45) is 5.73 Å². The fourth-order valence-corrected chi connectivity index (χ4v) is 4.83. The van der Waals surface area contributed by atoms with E-state index >= 15 is 0 Å². The number of fused-ring (bicyclic) bond motifs is 2. The Morgan fingerprint density at radius 2 is 2.15 bits per heavy atom. The standard InChI is InChI=1S/C17H17Cl2N5O2S/c18-10-1-2-12-11(5-10)17(3-4-23(8-17)14(25)6-20)9-24(12)16(26)22-15-21-7-13(19)27-15/h1-2,5,7H,3-4,6,8-9,20H2,(H,21,22,26)/t17-/m1/s1. The van der Waals surface area contributed by atoms with Crippen LogP contribution in [0.1, 0.15) is 12.0 Å². The maximum atomic E-state index is 12.9. The van der Waals surface area contributed by atoms with E-state index in [1.807, 2.05) is 12.1 Å². The van der Waals surface area contributed by atoms with E-state index in [0.29, 0.717) is 34.1 Å². The number of hydrogen-bond acceptors (Lipinski definition) is 5. The first-order valence-corrected chi connectivity index (χ1v) is 9.97. The lowest BCUT2D eigenvalue weighted by Crippen LogP contribution is -2.42. The van der Waals surface area contributed by atoms with Gasteiger partial charge in [0.25, 0.3) is 0 Å². The van der Waals surface area contributed by atoms with Crippen LogP contribution in [0.3, 0.4) is 0 Å². The molecule has 3 N–H and O–H groups in total. The van der Waals surface area contributed by atoms with E-state index in [2.05, 4.69) is 10.3 Å². The molecule has 2 aromatic rings. The van der Waals surface area contributed by atoms with Gasteiger partial charge in [-0.25, -0.2) is 9.78 Å². The second-order valence-electron chi connectivity index (χ2n) is 6.70. The minimum atomic E-state index is -0.344. The Balaban J connectivity index is 1.64. The Labute approximate surface area is 170 Å². The molecule has 27 heavy (non-hydrogen) atoms. The van der Waals surface area contributed by atoms with Crippen LogP contribution in [0.5, 0.6) is 0 Å². The van der Waals surface area contributed by atoms with Crippen LogP contribution in [0, 0.1) is 0 Å². The second kappa shape index (κ2) is 6.94. The number of benzene rings is 1. The molecule has 4 rings (SSSR count). The smallest absolute Gasteiger partial charge is 0.328 e. The van der Waals surface area contributed by atoms with Gasteiger partial charge in [-0.1, -0.05) is 34.5 Å². The van der Waals surface area contributed by atoms with Crippen molar-refractivity contribution in [2.75, 3.05) is 36.4 Å². The molecule has 0 unspecified atom stereocenters. The number of rotatable bonds is 2. The van der Waals surface area contributed by atoms with Gasteiger partial charge in [0, 0.05) is 35.8 Å². The summed E-state index contributed by atoms with van der Waals surface area (Å²) in [4.78, 5) is 32.4. The Bertz CT molecular complexity index is 920. The number of hydrogen-bond donors (Lipinski definition) is 2. The Kier molecular flexibility index (Phi) is 4.75. The van der Waals surface area contributed by atoms with Gasteiger partial charge in [0.05, 0.1) is 12.7 Å². The van der Waals surface area contributed by atoms with Crippen molar-refractivity contribution in [3.8, 4) is 0 Å². The van der Waals surface area contributed by atoms with Crippen LogP contribution >= 0.6 is 34.5 Å². The van der Waals surface area contributed by atoms with Gasteiger partial charge in [-0.3, -0.25) is 15.0 Å². The zero-order valence-electron chi connectivity index (χ0n) is 14.2. The van der Waals surface area contributed by atoms with Gasteiger partial charge in [-0.15, -0.1) is 0 Å². The normalized spacial score (nSPS) is 21.0. The predicted molar refractivity (Wildman–Crippen MR) is 107 cm³/mol. The third kappa shape index (κ3) is 3.27. The summed E-state index contributed by atoms with van der Waals surface area (Å²) in [5.74, 6) is -0.0872. The van der Waals surface area contributed by atoms with Crippen LogP contribution in [0.25, 0.3) is 0 Å². The first-order valence-electron chi connectivity index (χ1n) is 8.39. The molecule has 0 aliphatic carbocycles. The monoisotopic (exact) mass is 425 g/mol. The SMILES string of the molecule is NCC(=O)N1CC[C@@]2(C1)CN(C(=O)Nc1ncc(Cl)s1)c1ccc(Cl)cc12. The van der Waals surface area contributed by atoms with Gasteiger partial charge in [-0.05, 0) is 30.2 Å². The first-order chi connectivity index (χ1) is 12.9. The largest absolute Gasteiger partial charge is 0.341 e. The third-order valence-corrected chi connectivity index (χ3v) is 6.36. The number of aromatic nitrogens is 1. The van der Waals surface area contributed by atoms with Crippen LogP contribution in [0.15, 0.2) is 24.4 Å². The van der Waals surface area contributed by atoms with Crippen molar-refractivity contribution < 1.29 is 9.59 Å². The maximum absolute atomic E-state index is 12.9. The van der Waals surface area contributed by atoms with Gasteiger partial charge < -0.3 is 10.6 Å². The van der Waals surface area contributed by atoms with E-state index in [4.69, 9.17) is 28.9 Å². The quantitative estimate of drug-likeness (QED) is 0.773. The highest BCUT2D eigenvalue weighted by molar-refractivity contribution is 7.19.